The van der Waals surface area contributed by atoms with Gasteiger partial charge in [0, 0.05) is 33.3 Å². The summed E-state index contributed by atoms with van der Waals surface area (Å²) < 4.78 is 12.2. The van der Waals surface area contributed by atoms with Gasteiger partial charge in [-0.05, 0) is 72.8 Å². The quantitative estimate of drug-likeness (QED) is 0.270. The van der Waals surface area contributed by atoms with Crippen molar-refractivity contribution < 1.29 is 14.3 Å². The van der Waals surface area contributed by atoms with Gasteiger partial charge >= 0.3 is 0 Å². The second-order valence-electron chi connectivity index (χ2n) is 8.77. The van der Waals surface area contributed by atoms with E-state index in [4.69, 9.17) is 14.6 Å². The molecule has 0 saturated heterocycles. The van der Waals surface area contributed by atoms with Crippen LogP contribution in [0.4, 0.5) is 17.2 Å². The van der Waals surface area contributed by atoms with Crippen molar-refractivity contribution in [2.24, 2.45) is 0 Å². The third kappa shape index (κ3) is 4.69. The Balaban J connectivity index is 1.30. The Hall–Kier alpha value is -5.44. The number of nitrogens with zero attached hydrogens (tertiary/aromatic N) is 4. The van der Waals surface area contributed by atoms with E-state index < -0.39 is 0 Å². The minimum Gasteiger partial charge on any atom is -0.497 e. The fourth-order valence-corrected chi connectivity index (χ4v) is 4.31. The third-order valence-corrected chi connectivity index (χ3v) is 6.37. The highest BCUT2D eigenvalue weighted by Gasteiger charge is 2.16. The van der Waals surface area contributed by atoms with E-state index in [1.165, 1.54) is 0 Å². The van der Waals surface area contributed by atoms with Crippen molar-refractivity contribution in [1.82, 2.24) is 19.8 Å². The van der Waals surface area contributed by atoms with Crippen molar-refractivity contribution in [2.45, 2.75) is 0 Å². The number of nitrogens with one attached hydrogen (secondary N) is 2. The maximum Gasteiger partial charge on any atom is 0.255 e. The van der Waals surface area contributed by atoms with E-state index in [0.717, 1.165) is 33.5 Å². The summed E-state index contributed by atoms with van der Waals surface area (Å²) in [6.45, 7) is 0. The van der Waals surface area contributed by atoms with Gasteiger partial charge < -0.3 is 20.1 Å². The molecule has 0 bridgehead atoms. The first-order valence-corrected chi connectivity index (χ1v) is 12.2. The zero-order valence-electron chi connectivity index (χ0n) is 21.3. The second-order valence-corrected chi connectivity index (χ2v) is 8.77. The van der Waals surface area contributed by atoms with Gasteiger partial charge in [0.1, 0.15) is 11.5 Å². The van der Waals surface area contributed by atoms with Crippen LogP contribution < -0.4 is 20.1 Å². The number of amides is 1. The fraction of sp³-hybridized carbons (Fsp3) is 0.0667. The van der Waals surface area contributed by atoms with E-state index >= 15 is 0 Å². The predicted octanol–water partition coefficient (Wildman–Crippen LogP) is 5.96. The van der Waals surface area contributed by atoms with Crippen molar-refractivity contribution in [3.63, 3.8) is 0 Å². The van der Waals surface area contributed by atoms with Crippen LogP contribution in [0.15, 0.2) is 97.1 Å². The van der Waals surface area contributed by atoms with E-state index in [-0.39, 0.29) is 5.91 Å². The number of methoxy groups -OCH3 is 2. The summed E-state index contributed by atoms with van der Waals surface area (Å²) in [5, 5.41) is 21.8. The van der Waals surface area contributed by atoms with Gasteiger partial charge in [0.25, 0.3) is 5.91 Å². The number of ether oxygens (including phenoxy) is 2. The van der Waals surface area contributed by atoms with Crippen LogP contribution in [0.3, 0.4) is 0 Å². The van der Waals surface area contributed by atoms with Gasteiger partial charge in [-0.3, -0.25) is 4.79 Å². The molecule has 6 aromatic rings. The molecule has 4 aromatic carbocycles. The van der Waals surface area contributed by atoms with Crippen molar-refractivity contribution in [3.05, 3.63) is 103 Å². The van der Waals surface area contributed by atoms with Gasteiger partial charge in [-0.2, -0.15) is 4.52 Å². The number of rotatable bonds is 7. The van der Waals surface area contributed by atoms with E-state index in [2.05, 4.69) is 20.8 Å². The summed E-state index contributed by atoms with van der Waals surface area (Å²) in [7, 11) is 3.23. The molecule has 2 heterocycles. The average Bonchev–Trinajstić information content (AvgIpc) is 3.42. The first-order valence-electron chi connectivity index (χ1n) is 12.2. The van der Waals surface area contributed by atoms with Crippen LogP contribution in [-0.4, -0.2) is 39.9 Å². The normalized spacial score (nSPS) is 10.9. The lowest BCUT2D eigenvalue weighted by Crippen LogP contribution is -2.11. The maximum absolute atomic E-state index is 12.7. The molecule has 0 aliphatic rings. The molecule has 9 heteroatoms. The first-order chi connectivity index (χ1) is 19.1. The fourth-order valence-electron chi connectivity index (χ4n) is 4.31. The van der Waals surface area contributed by atoms with Gasteiger partial charge in [-0.15, -0.1) is 15.3 Å². The number of fused-ring (bicyclic) bond motifs is 3. The van der Waals surface area contributed by atoms with Crippen LogP contribution in [0.1, 0.15) is 10.4 Å². The smallest absolute Gasteiger partial charge is 0.255 e. The van der Waals surface area contributed by atoms with Gasteiger partial charge in [0.05, 0.1) is 14.2 Å². The van der Waals surface area contributed by atoms with E-state index in [0.29, 0.717) is 28.5 Å². The lowest BCUT2D eigenvalue weighted by molar-refractivity contribution is 0.102. The topological polar surface area (TPSA) is 103 Å². The average molecular weight is 517 g/mol. The van der Waals surface area contributed by atoms with Crippen LogP contribution in [0.2, 0.25) is 0 Å². The number of aromatic nitrogens is 4. The molecule has 1 amide bonds. The highest BCUT2D eigenvalue weighted by Crippen LogP contribution is 2.30. The lowest BCUT2D eigenvalue weighted by Gasteiger charge is -2.11. The molecule has 6 rings (SSSR count). The molecule has 0 saturated carbocycles. The number of benzene rings is 4. The van der Waals surface area contributed by atoms with Gasteiger partial charge in [0.15, 0.2) is 17.3 Å². The Morgan fingerprint density at radius 3 is 2.00 bits per heavy atom. The summed E-state index contributed by atoms with van der Waals surface area (Å²) in [5.74, 6) is 2.54. The monoisotopic (exact) mass is 516 g/mol. The molecule has 0 spiro atoms. The van der Waals surface area contributed by atoms with E-state index in [9.17, 15) is 4.79 Å². The Labute approximate surface area is 224 Å². The summed E-state index contributed by atoms with van der Waals surface area (Å²) >= 11 is 0. The Morgan fingerprint density at radius 2 is 1.33 bits per heavy atom. The van der Waals surface area contributed by atoms with E-state index in [1.807, 2.05) is 60.7 Å². The van der Waals surface area contributed by atoms with Crippen LogP contribution in [0, 0.1) is 0 Å². The minimum atomic E-state index is -0.203. The van der Waals surface area contributed by atoms with Gasteiger partial charge in [0.2, 0.25) is 0 Å². The Morgan fingerprint density at radius 1 is 0.718 bits per heavy atom. The number of anilines is 3. The zero-order chi connectivity index (χ0) is 26.8. The van der Waals surface area contributed by atoms with Crippen molar-refractivity contribution in [1.29, 1.82) is 0 Å². The Bertz CT molecular complexity index is 1780. The highest BCUT2D eigenvalue weighted by atomic mass is 16.5. The summed E-state index contributed by atoms with van der Waals surface area (Å²) in [4.78, 5) is 12.7. The SMILES string of the molecule is COc1ccc(NC(=O)c2ccc(Nc3nn4c(-c5ccc(OC)cc5)nnc4c4ccccc34)cc2)cc1. The number of carbonyl (C=O) groups is 1. The predicted molar refractivity (Wildman–Crippen MR) is 151 cm³/mol. The van der Waals surface area contributed by atoms with Crippen LogP contribution >= 0.6 is 0 Å². The first kappa shape index (κ1) is 23.9. The summed E-state index contributed by atoms with van der Waals surface area (Å²) in [6, 6.07) is 29.9. The van der Waals surface area contributed by atoms with Gasteiger partial charge in [-0.1, -0.05) is 24.3 Å². The maximum atomic E-state index is 12.7. The number of hydrogen-bond acceptors (Lipinski definition) is 7. The Kier molecular flexibility index (Phi) is 6.22. The molecule has 0 atom stereocenters. The molecular formula is C30H24N6O3. The molecule has 192 valence electrons. The van der Waals surface area contributed by atoms with Crippen molar-refractivity contribution >= 4 is 39.5 Å². The molecule has 2 N–H and O–H groups in total. The van der Waals surface area contributed by atoms with Crippen molar-refractivity contribution in [3.8, 4) is 22.9 Å². The molecule has 0 aliphatic carbocycles. The molecule has 9 nitrogen and oxygen atoms in total. The molecule has 0 radical (unpaired) electrons. The van der Waals surface area contributed by atoms with Crippen LogP contribution in [-0.2, 0) is 0 Å². The molecule has 0 fully saturated rings. The number of carbonyl (C=O) groups excluding carboxylic acids is 1. The summed E-state index contributed by atoms with van der Waals surface area (Å²) in [5.41, 5.74) is 3.53. The van der Waals surface area contributed by atoms with Crippen LogP contribution in [0.25, 0.3) is 27.8 Å². The molecule has 0 aliphatic heterocycles. The summed E-state index contributed by atoms with van der Waals surface area (Å²) in [6.07, 6.45) is 0. The zero-order valence-corrected chi connectivity index (χ0v) is 21.3. The lowest BCUT2D eigenvalue weighted by atomic mass is 10.1. The van der Waals surface area contributed by atoms with E-state index in [1.54, 1.807) is 55.1 Å². The van der Waals surface area contributed by atoms with Crippen LogP contribution in [0.5, 0.6) is 11.5 Å². The van der Waals surface area contributed by atoms with Crippen molar-refractivity contribution in [2.75, 3.05) is 24.9 Å². The molecule has 39 heavy (non-hydrogen) atoms. The second kappa shape index (κ2) is 10.1. The largest absolute Gasteiger partial charge is 0.497 e. The highest BCUT2D eigenvalue weighted by molar-refractivity contribution is 6.05. The minimum absolute atomic E-state index is 0.203. The number of hydrogen-bond donors (Lipinski definition) is 2. The molecule has 2 aromatic heterocycles. The standard InChI is InChI=1S/C30H24N6O3/c1-38-23-15-9-19(10-16-23)28-33-34-29-26-6-4-3-5-25(26)27(35-36(28)29)31-21-11-7-20(8-12-21)30(37)32-22-13-17-24(39-2)18-14-22/h3-18H,1-2H3,(H,31,35)(H,32,37). The molecule has 0 unspecified atom stereocenters. The third-order valence-electron chi connectivity index (χ3n) is 6.37. The molecular weight excluding hydrogens is 492 g/mol. The van der Waals surface area contributed by atoms with Gasteiger partial charge in [-0.25, -0.2) is 0 Å².